The molecule has 1 N–H and O–H groups in total. The maximum absolute atomic E-state index is 10.4. The van der Waals surface area contributed by atoms with E-state index in [1.54, 1.807) is 17.5 Å². The molecule has 0 aromatic carbocycles. The fourth-order valence-electron chi connectivity index (χ4n) is 0.705. The third-order valence-electron chi connectivity index (χ3n) is 1.23. The third-order valence-corrected chi connectivity index (χ3v) is 2.07. The van der Waals surface area contributed by atoms with Crippen LogP contribution in [0.2, 0.25) is 0 Å². The smallest absolute Gasteiger partial charge is 0.365 e. The van der Waals surface area contributed by atoms with E-state index in [9.17, 15) is 9.59 Å². The number of hydrogen-bond acceptors (Lipinski definition) is 4. The molecule has 1 rings (SSSR count). The van der Waals surface area contributed by atoms with Gasteiger partial charge in [-0.05, 0) is 6.08 Å². The predicted molar refractivity (Wildman–Crippen MR) is 48.8 cm³/mol. The lowest BCUT2D eigenvalue weighted by Crippen LogP contribution is -1.93. The largest absolute Gasteiger partial charge is 0.476 e. The van der Waals surface area contributed by atoms with Crippen LogP contribution in [0.25, 0.3) is 6.08 Å². The molecule has 13 heavy (non-hydrogen) atoms. The number of aldehydes is 1. The predicted octanol–water partition coefficient (Wildman–Crippen LogP) is 1.44. The van der Waals surface area contributed by atoms with E-state index in [1.807, 2.05) is 0 Å². The Bertz CT molecular complexity index is 343. The highest BCUT2D eigenvalue weighted by Gasteiger charge is 2.06. The van der Waals surface area contributed by atoms with Crippen molar-refractivity contribution in [1.29, 1.82) is 0 Å². The molecule has 1 aromatic rings. The Morgan fingerprint density at radius 2 is 2.46 bits per heavy atom. The van der Waals surface area contributed by atoms with Gasteiger partial charge in [0.25, 0.3) is 0 Å². The average molecular weight is 197 g/mol. The fraction of sp³-hybridized carbons (Fsp3) is 0.125. The molecule has 0 amide bonds. The molecule has 0 unspecified atom stereocenters. The highest BCUT2D eigenvalue weighted by molar-refractivity contribution is 7.11. The van der Waals surface area contributed by atoms with Crippen molar-refractivity contribution in [3.05, 3.63) is 22.2 Å². The van der Waals surface area contributed by atoms with Crippen LogP contribution in [0.5, 0.6) is 0 Å². The van der Waals surface area contributed by atoms with Gasteiger partial charge in [0.2, 0.25) is 5.01 Å². The standard InChI is InChI=1S/C8H7NO3S/c10-4-2-1-3-6-5-13-7(9-6)8(11)12/h1,3-5H,2H2,(H,11,12). The van der Waals surface area contributed by atoms with Crippen molar-refractivity contribution < 1.29 is 14.7 Å². The van der Waals surface area contributed by atoms with Gasteiger partial charge in [0.15, 0.2) is 0 Å². The van der Waals surface area contributed by atoms with Crippen LogP contribution in [0.4, 0.5) is 0 Å². The molecular formula is C8H7NO3S. The molecule has 0 saturated heterocycles. The molecule has 68 valence electrons. The first-order valence-electron chi connectivity index (χ1n) is 3.53. The quantitative estimate of drug-likeness (QED) is 0.741. The molecule has 4 nitrogen and oxygen atoms in total. The molecule has 0 aliphatic carbocycles. The molecule has 0 fully saturated rings. The zero-order valence-electron chi connectivity index (χ0n) is 6.64. The first-order valence-corrected chi connectivity index (χ1v) is 4.41. The van der Waals surface area contributed by atoms with Crippen molar-refractivity contribution in [3.8, 4) is 0 Å². The lowest BCUT2D eigenvalue weighted by Gasteiger charge is -1.81. The van der Waals surface area contributed by atoms with Crippen LogP contribution < -0.4 is 0 Å². The summed E-state index contributed by atoms with van der Waals surface area (Å²) < 4.78 is 0. The van der Waals surface area contributed by atoms with Crippen LogP contribution in [0, 0.1) is 0 Å². The van der Waals surface area contributed by atoms with E-state index in [1.165, 1.54) is 0 Å². The van der Waals surface area contributed by atoms with Gasteiger partial charge in [-0.3, -0.25) is 0 Å². The summed E-state index contributed by atoms with van der Waals surface area (Å²) in [6.45, 7) is 0. The summed E-state index contributed by atoms with van der Waals surface area (Å²) in [6.07, 6.45) is 4.34. The van der Waals surface area contributed by atoms with Gasteiger partial charge in [-0.2, -0.15) is 0 Å². The summed E-state index contributed by atoms with van der Waals surface area (Å²) in [7, 11) is 0. The van der Waals surface area contributed by atoms with Crippen molar-refractivity contribution in [3.63, 3.8) is 0 Å². The van der Waals surface area contributed by atoms with Crippen LogP contribution in [0.15, 0.2) is 11.5 Å². The summed E-state index contributed by atoms with van der Waals surface area (Å²) in [5.74, 6) is -1.03. The molecule has 0 saturated carbocycles. The minimum atomic E-state index is -1.03. The Labute approximate surface area is 78.5 Å². The van der Waals surface area contributed by atoms with Crippen LogP contribution >= 0.6 is 11.3 Å². The lowest BCUT2D eigenvalue weighted by atomic mass is 10.3. The monoisotopic (exact) mass is 197 g/mol. The first-order chi connectivity index (χ1) is 6.24. The third kappa shape index (κ3) is 2.79. The second-order valence-electron chi connectivity index (χ2n) is 2.19. The first kappa shape index (κ1) is 9.60. The Kier molecular flexibility index (Phi) is 3.33. The SMILES string of the molecule is O=CCC=Cc1csc(C(=O)O)n1. The van der Waals surface area contributed by atoms with Crippen molar-refractivity contribution in [2.45, 2.75) is 6.42 Å². The Balaban J connectivity index is 2.69. The summed E-state index contributed by atoms with van der Waals surface area (Å²) >= 11 is 1.07. The average Bonchev–Trinajstić information content (AvgIpc) is 2.53. The lowest BCUT2D eigenvalue weighted by molar-refractivity contribution is -0.107. The number of aromatic carboxylic acids is 1. The molecule has 5 heteroatoms. The Hall–Kier alpha value is -1.49. The number of nitrogens with zero attached hydrogens (tertiary/aromatic N) is 1. The number of carboxylic acids is 1. The van der Waals surface area contributed by atoms with Crippen molar-refractivity contribution in [2.75, 3.05) is 0 Å². The van der Waals surface area contributed by atoms with Gasteiger partial charge in [-0.25, -0.2) is 9.78 Å². The van der Waals surface area contributed by atoms with Crippen molar-refractivity contribution in [2.24, 2.45) is 0 Å². The number of hydrogen-bond donors (Lipinski definition) is 1. The molecule has 1 aromatic heterocycles. The molecule has 0 atom stereocenters. The van der Waals surface area contributed by atoms with E-state index in [4.69, 9.17) is 5.11 Å². The minimum absolute atomic E-state index is 0.0609. The molecule has 0 aliphatic rings. The second kappa shape index (κ2) is 4.51. The van der Waals surface area contributed by atoms with Crippen LogP contribution in [0.3, 0.4) is 0 Å². The van der Waals surface area contributed by atoms with Gasteiger partial charge in [0.05, 0.1) is 5.69 Å². The maximum atomic E-state index is 10.4. The van der Waals surface area contributed by atoms with Crippen molar-refractivity contribution >= 4 is 29.7 Å². The van der Waals surface area contributed by atoms with Crippen LogP contribution in [-0.2, 0) is 4.79 Å². The van der Waals surface area contributed by atoms with E-state index in [2.05, 4.69) is 4.98 Å². The fourth-order valence-corrected chi connectivity index (χ4v) is 1.33. The molecule has 0 bridgehead atoms. The molecule has 0 radical (unpaired) electrons. The number of carboxylic acid groups (broad SMARTS) is 1. The normalized spacial score (nSPS) is 10.5. The van der Waals surface area contributed by atoms with E-state index in [0.29, 0.717) is 12.1 Å². The maximum Gasteiger partial charge on any atom is 0.365 e. The number of aromatic nitrogens is 1. The number of carbonyl (C=O) groups excluding carboxylic acids is 1. The van der Waals surface area contributed by atoms with Gasteiger partial charge in [0, 0.05) is 11.8 Å². The van der Waals surface area contributed by atoms with E-state index >= 15 is 0 Å². The van der Waals surface area contributed by atoms with Crippen LogP contribution in [0.1, 0.15) is 21.9 Å². The Morgan fingerprint density at radius 1 is 1.69 bits per heavy atom. The zero-order chi connectivity index (χ0) is 9.68. The summed E-state index contributed by atoms with van der Waals surface area (Å²) in [5, 5.41) is 10.2. The molecule has 0 spiro atoms. The zero-order valence-corrected chi connectivity index (χ0v) is 7.45. The highest BCUT2D eigenvalue weighted by Crippen LogP contribution is 2.10. The minimum Gasteiger partial charge on any atom is -0.476 e. The number of thiazole rings is 1. The second-order valence-corrected chi connectivity index (χ2v) is 3.05. The van der Waals surface area contributed by atoms with Crippen molar-refractivity contribution in [1.82, 2.24) is 4.98 Å². The van der Waals surface area contributed by atoms with Gasteiger partial charge < -0.3 is 9.90 Å². The van der Waals surface area contributed by atoms with Gasteiger partial charge in [-0.15, -0.1) is 11.3 Å². The number of carbonyl (C=O) groups is 2. The Morgan fingerprint density at radius 3 is 3.00 bits per heavy atom. The number of rotatable bonds is 4. The summed E-state index contributed by atoms with van der Waals surface area (Å²) in [5.41, 5.74) is 0.573. The van der Waals surface area contributed by atoms with Gasteiger partial charge >= 0.3 is 5.97 Å². The summed E-state index contributed by atoms with van der Waals surface area (Å²) in [4.78, 5) is 24.2. The van der Waals surface area contributed by atoms with Crippen LogP contribution in [-0.4, -0.2) is 22.3 Å². The van der Waals surface area contributed by atoms with Gasteiger partial charge in [-0.1, -0.05) is 6.08 Å². The molecule has 1 heterocycles. The van der Waals surface area contributed by atoms with Gasteiger partial charge in [0.1, 0.15) is 6.29 Å². The van der Waals surface area contributed by atoms with E-state index < -0.39 is 5.97 Å². The summed E-state index contributed by atoms with van der Waals surface area (Å²) in [6, 6.07) is 0. The topological polar surface area (TPSA) is 67.3 Å². The van der Waals surface area contributed by atoms with E-state index in [0.717, 1.165) is 17.6 Å². The molecular weight excluding hydrogens is 190 g/mol. The molecule has 0 aliphatic heterocycles. The van der Waals surface area contributed by atoms with E-state index in [-0.39, 0.29) is 5.01 Å². The number of allylic oxidation sites excluding steroid dienone is 1. The highest BCUT2D eigenvalue weighted by atomic mass is 32.1.